The predicted molar refractivity (Wildman–Crippen MR) is 76.9 cm³/mol. The topological polar surface area (TPSA) is 20.2 Å². The molecule has 1 nitrogen and oxygen atoms in total. The Bertz CT molecular complexity index is 557. The fraction of sp³-hybridized carbons (Fsp3) is 0.143. The van der Waals surface area contributed by atoms with Crippen LogP contribution in [0.3, 0.4) is 0 Å². The number of halogens is 3. The Morgan fingerprint density at radius 1 is 1.11 bits per heavy atom. The first-order valence-corrected chi connectivity index (χ1v) is 7.03. The summed E-state index contributed by atoms with van der Waals surface area (Å²) in [5.41, 5.74) is 1.25. The summed E-state index contributed by atoms with van der Waals surface area (Å²) in [5, 5.41) is 10.1. The van der Waals surface area contributed by atoms with Crippen LogP contribution in [-0.2, 0) is 6.42 Å². The van der Waals surface area contributed by atoms with Gasteiger partial charge in [-0.25, -0.2) is 4.39 Å². The second kappa shape index (κ2) is 5.95. The molecule has 2 aromatic rings. The second-order valence-electron chi connectivity index (χ2n) is 3.98. The Hall–Kier alpha value is -0.710. The van der Waals surface area contributed by atoms with Crippen LogP contribution < -0.4 is 0 Å². The first-order chi connectivity index (χ1) is 8.58. The Labute approximate surface area is 122 Å². The standard InChI is InChI=1S/C14H11Br2FO/c15-10-5-6-13(17)11(8-10)14(18)7-9-3-1-2-4-12(9)16/h1-6,8,14,18H,7H2. The molecule has 2 rings (SSSR count). The SMILES string of the molecule is OC(Cc1ccccc1Br)c1cc(Br)ccc1F. The molecular weight excluding hydrogens is 363 g/mol. The lowest BCUT2D eigenvalue weighted by Crippen LogP contribution is -2.05. The van der Waals surface area contributed by atoms with Crippen molar-refractivity contribution in [2.45, 2.75) is 12.5 Å². The van der Waals surface area contributed by atoms with Crippen LogP contribution in [0.15, 0.2) is 51.4 Å². The molecule has 0 aliphatic carbocycles. The molecule has 1 N–H and O–H groups in total. The van der Waals surface area contributed by atoms with E-state index >= 15 is 0 Å². The van der Waals surface area contributed by atoms with Gasteiger partial charge in [-0.15, -0.1) is 0 Å². The van der Waals surface area contributed by atoms with Crippen LogP contribution in [0.2, 0.25) is 0 Å². The number of hydrogen-bond acceptors (Lipinski definition) is 1. The molecule has 0 bridgehead atoms. The first kappa shape index (κ1) is 13.7. The summed E-state index contributed by atoms with van der Waals surface area (Å²) in [6.45, 7) is 0. The summed E-state index contributed by atoms with van der Waals surface area (Å²) in [4.78, 5) is 0. The number of hydrogen-bond donors (Lipinski definition) is 1. The van der Waals surface area contributed by atoms with Crippen molar-refractivity contribution in [1.29, 1.82) is 0 Å². The van der Waals surface area contributed by atoms with Crippen LogP contribution in [0.5, 0.6) is 0 Å². The third-order valence-corrected chi connectivity index (χ3v) is 3.96. The van der Waals surface area contributed by atoms with Gasteiger partial charge in [0.1, 0.15) is 5.82 Å². The van der Waals surface area contributed by atoms with Gasteiger partial charge in [0.2, 0.25) is 0 Å². The molecule has 1 atom stereocenters. The number of aliphatic hydroxyl groups excluding tert-OH is 1. The molecular formula is C14H11Br2FO. The molecule has 4 heteroatoms. The predicted octanol–water partition coefficient (Wildman–Crippen LogP) is 4.63. The number of aliphatic hydroxyl groups is 1. The third kappa shape index (κ3) is 3.19. The lowest BCUT2D eigenvalue weighted by Gasteiger charge is -2.13. The quantitative estimate of drug-likeness (QED) is 0.831. The molecule has 2 aromatic carbocycles. The van der Waals surface area contributed by atoms with Gasteiger partial charge < -0.3 is 5.11 Å². The van der Waals surface area contributed by atoms with Crippen LogP contribution >= 0.6 is 31.9 Å². The minimum absolute atomic E-state index is 0.306. The fourth-order valence-electron chi connectivity index (χ4n) is 1.75. The Morgan fingerprint density at radius 2 is 1.83 bits per heavy atom. The van der Waals surface area contributed by atoms with Crippen molar-refractivity contribution in [3.05, 3.63) is 68.4 Å². The summed E-state index contributed by atoms with van der Waals surface area (Å²) in [5.74, 6) is -0.391. The third-order valence-electron chi connectivity index (χ3n) is 2.69. The average Bonchev–Trinajstić information content (AvgIpc) is 2.35. The van der Waals surface area contributed by atoms with Gasteiger partial charge in [0.15, 0.2) is 0 Å². The first-order valence-electron chi connectivity index (χ1n) is 5.44. The van der Waals surface area contributed by atoms with Crippen molar-refractivity contribution in [3.8, 4) is 0 Å². The van der Waals surface area contributed by atoms with E-state index < -0.39 is 11.9 Å². The molecule has 0 aliphatic rings. The zero-order valence-electron chi connectivity index (χ0n) is 9.41. The lowest BCUT2D eigenvalue weighted by molar-refractivity contribution is 0.173. The Balaban J connectivity index is 2.25. The average molecular weight is 374 g/mol. The molecule has 0 heterocycles. The lowest BCUT2D eigenvalue weighted by atomic mass is 10.0. The van der Waals surface area contributed by atoms with E-state index in [9.17, 15) is 9.50 Å². The Kier molecular flexibility index (Phi) is 4.54. The van der Waals surface area contributed by atoms with Crippen LogP contribution in [-0.4, -0.2) is 5.11 Å². The van der Waals surface area contributed by atoms with E-state index in [0.29, 0.717) is 12.0 Å². The smallest absolute Gasteiger partial charge is 0.129 e. The van der Waals surface area contributed by atoms with E-state index in [1.165, 1.54) is 6.07 Å². The molecule has 0 radical (unpaired) electrons. The fourth-order valence-corrected chi connectivity index (χ4v) is 2.58. The normalized spacial score (nSPS) is 12.4. The summed E-state index contributed by atoms with van der Waals surface area (Å²) >= 11 is 6.69. The molecule has 0 fully saturated rings. The van der Waals surface area contributed by atoms with Gasteiger partial charge in [0, 0.05) is 20.9 Å². The van der Waals surface area contributed by atoms with Crippen molar-refractivity contribution in [1.82, 2.24) is 0 Å². The molecule has 0 saturated heterocycles. The van der Waals surface area contributed by atoms with E-state index in [0.717, 1.165) is 14.5 Å². The van der Waals surface area contributed by atoms with E-state index in [2.05, 4.69) is 31.9 Å². The van der Waals surface area contributed by atoms with Crippen LogP contribution in [0.1, 0.15) is 17.2 Å². The zero-order valence-corrected chi connectivity index (χ0v) is 12.6. The summed E-state index contributed by atoms with van der Waals surface area (Å²) < 4.78 is 15.3. The van der Waals surface area contributed by atoms with Gasteiger partial charge in [0.05, 0.1) is 6.10 Å². The Morgan fingerprint density at radius 3 is 2.56 bits per heavy atom. The monoisotopic (exact) mass is 372 g/mol. The number of benzene rings is 2. The molecule has 0 aliphatic heterocycles. The summed E-state index contributed by atoms with van der Waals surface area (Å²) in [6, 6.07) is 12.2. The van der Waals surface area contributed by atoms with Crippen LogP contribution in [0, 0.1) is 5.82 Å². The van der Waals surface area contributed by atoms with Crippen molar-refractivity contribution in [3.63, 3.8) is 0 Å². The molecule has 0 aromatic heterocycles. The second-order valence-corrected chi connectivity index (χ2v) is 5.75. The molecule has 1 unspecified atom stereocenters. The van der Waals surface area contributed by atoms with Crippen molar-refractivity contribution < 1.29 is 9.50 Å². The minimum Gasteiger partial charge on any atom is -0.388 e. The highest BCUT2D eigenvalue weighted by Crippen LogP contribution is 2.27. The van der Waals surface area contributed by atoms with E-state index in [1.807, 2.05) is 24.3 Å². The molecule has 0 spiro atoms. The highest BCUT2D eigenvalue weighted by atomic mass is 79.9. The number of rotatable bonds is 3. The highest BCUT2D eigenvalue weighted by molar-refractivity contribution is 9.10. The van der Waals surface area contributed by atoms with Gasteiger partial charge in [-0.2, -0.15) is 0 Å². The zero-order chi connectivity index (χ0) is 13.1. The van der Waals surface area contributed by atoms with E-state index in [1.54, 1.807) is 12.1 Å². The largest absolute Gasteiger partial charge is 0.388 e. The van der Waals surface area contributed by atoms with Gasteiger partial charge in [0.25, 0.3) is 0 Å². The van der Waals surface area contributed by atoms with Crippen LogP contribution in [0.25, 0.3) is 0 Å². The van der Waals surface area contributed by atoms with Crippen molar-refractivity contribution in [2.24, 2.45) is 0 Å². The van der Waals surface area contributed by atoms with Gasteiger partial charge in [-0.1, -0.05) is 50.1 Å². The summed E-state index contributed by atoms with van der Waals surface area (Å²) in [7, 11) is 0. The van der Waals surface area contributed by atoms with Gasteiger partial charge >= 0.3 is 0 Å². The highest BCUT2D eigenvalue weighted by Gasteiger charge is 2.15. The van der Waals surface area contributed by atoms with Gasteiger partial charge in [-0.3, -0.25) is 0 Å². The minimum atomic E-state index is -0.860. The van der Waals surface area contributed by atoms with Crippen molar-refractivity contribution in [2.75, 3.05) is 0 Å². The molecule has 0 saturated carbocycles. The maximum absolute atomic E-state index is 13.6. The van der Waals surface area contributed by atoms with Crippen LogP contribution in [0.4, 0.5) is 4.39 Å². The summed E-state index contributed by atoms with van der Waals surface area (Å²) in [6.07, 6.45) is -0.490. The molecule has 18 heavy (non-hydrogen) atoms. The maximum Gasteiger partial charge on any atom is 0.129 e. The molecule has 94 valence electrons. The van der Waals surface area contributed by atoms with Crippen molar-refractivity contribution >= 4 is 31.9 Å². The molecule has 0 amide bonds. The van der Waals surface area contributed by atoms with E-state index in [-0.39, 0.29) is 0 Å². The van der Waals surface area contributed by atoms with Gasteiger partial charge in [-0.05, 0) is 29.8 Å². The maximum atomic E-state index is 13.6. The van der Waals surface area contributed by atoms with E-state index in [4.69, 9.17) is 0 Å².